The Balaban J connectivity index is 1.16. The van der Waals surface area contributed by atoms with E-state index in [1.807, 2.05) is 0 Å². The van der Waals surface area contributed by atoms with Crippen LogP contribution in [0.15, 0.2) is 70.4 Å². The first-order chi connectivity index (χ1) is 24.5. The van der Waals surface area contributed by atoms with Gasteiger partial charge in [0.25, 0.3) is 11.5 Å². The van der Waals surface area contributed by atoms with Crippen LogP contribution in [0.5, 0.6) is 23.0 Å². The van der Waals surface area contributed by atoms with Crippen molar-refractivity contribution in [2.45, 2.75) is 6.42 Å². The number of halogens is 3. The maximum absolute atomic E-state index is 15.3. The van der Waals surface area contributed by atoms with Crippen molar-refractivity contribution in [2.24, 2.45) is 7.05 Å². The predicted octanol–water partition coefficient (Wildman–Crippen LogP) is 3.97. The molecule has 6 rings (SSSR count). The summed E-state index contributed by atoms with van der Waals surface area (Å²) in [4.78, 5) is 47.6. The molecule has 2 aromatic heterocycles. The number of anilines is 1. The lowest BCUT2D eigenvalue weighted by atomic mass is 10.1. The maximum Gasteiger partial charge on any atom is 0.351 e. The summed E-state index contributed by atoms with van der Waals surface area (Å²) >= 11 is 0. The molecule has 1 N–H and O–H groups in total. The van der Waals surface area contributed by atoms with Gasteiger partial charge in [-0.25, -0.2) is 18.0 Å². The number of aromatic nitrogens is 4. The second kappa shape index (κ2) is 15.0. The van der Waals surface area contributed by atoms with E-state index in [1.165, 1.54) is 25.4 Å². The molecule has 266 valence electrons. The zero-order valence-corrected chi connectivity index (χ0v) is 28.0. The Kier molecular flexibility index (Phi) is 10.3. The second-order valence-corrected chi connectivity index (χ2v) is 11.9. The number of likely N-dealkylation sites (N-methyl/N-ethyl adjacent to an activating group) is 1. The van der Waals surface area contributed by atoms with Crippen LogP contribution in [0.1, 0.15) is 16.9 Å². The highest BCUT2D eigenvalue weighted by Gasteiger charge is 2.21. The summed E-state index contributed by atoms with van der Waals surface area (Å²) < 4.78 is 61.3. The van der Waals surface area contributed by atoms with Crippen molar-refractivity contribution in [1.82, 2.24) is 29.1 Å². The molecular formula is C35H34F3N7O6. The number of nitrogens with one attached hydrogen (secondary N) is 1. The highest BCUT2D eigenvalue weighted by molar-refractivity contribution is 6.02. The van der Waals surface area contributed by atoms with Gasteiger partial charge in [0.1, 0.15) is 5.75 Å². The molecule has 1 fully saturated rings. The normalized spacial score (nSPS) is 13.7. The van der Waals surface area contributed by atoms with Crippen molar-refractivity contribution in [1.29, 1.82) is 0 Å². The lowest BCUT2D eigenvalue weighted by Gasteiger charge is -2.32. The molecule has 1 saturated heterocycles. The fourth-order valence-corrected chi connectivity index (χ4v) is 5.50. The van der Waals surface area contributed by atoms with Crippen LogP contribution in [0, 0.1) is 17.5 Å². The minimum atomic E-state index is -1.26. The van der Waals surface area contributed by atoms with E-state index in [4.69, 9.17) is 14.2 Å². The van der Waals surface area contributed by atoms with Crippen LogP contribution >= 0.6 is 0 Å². The number of fused-ring (bicyclic) bond motifs is 1. The van der Waals surface area contributed by atoms with Crippen LogP contribution in [0.25, 0.3) is 16.6 Å². The molecule has 0 atom stereocenters. The first-order valence-corrected chi connectivity index (χ1v) is 16.0. The molecule has 5 aromatic rings. The van der Waals surface area contributed by atoms with Crippen LogP contribution in [0.2, 0.25) is 0 Å². The third-order valence-corrected chi connectivity index (χ3v) is 8.41. The van der Waals surface area contributed by atoms with Gasteiger partial charge in [-0.3, -0.25) is 19.1 Å². The average Bonchev–Trinajstić information content (AvgIpc) is 3.12. The van der Waals surface area contributed by atoms with E-state index in [-0.39, 0.29) is 22.9 Å². The van der Waals surface area contributed by atoms with E-state index in [0.717, 1.165) is 64.4 Å². The third-order valence-electron chi connectivity index (χ3n) is 8.41. The molecule has 13 nitrogen and oxygen atoms in total. The molecule has 0 radical (unpaired) electrons. The van der Waals surface area contributed by atoms with Crippen LogP contribution in [-0.2, 0) is 7.05 Å². The minimum Gasteiger partial charge on any atom is -0.493 e. The van der Waals surface area contributed by atoms with Gasteiger partial charge >= 0.3 is 5.69 Å². The number of hydrogen-bond donors (Lipinski definition) is 1. The van der Waals surface area contributed by atoms with E-state index in [9.17, 15) is 23.2 Å². The Labute approximate surface area is 289 Å². The number of methoxy groups -OCH3 is 1. The molecule has 3 heterocycles. The highest BCUT2D eigenvalue weighted by atomic mass is 19.2. The first kappa shape index (κ1) is 35.1. The number of amides is 1. The summed E-state index contributed by atoms with van der Waals surface area (Å²) in [7, 11) is 4.73. The van der Waals surface area contributed by atoms with E-state index in [0.29, 0.717) is 44.3 Å². The largest absolute Gasteiger partial charge is 0.493 e. The number of benzene rings is 3. The second-order valence-electron chi connectivity index (χ2n) is 11.9. The minimum absolute atomic E-state index is 0.0602. The van der Waals surface area contributed by atoms with Crippen molar-refractivity contribution in [3.05, 3.63) is 105 Å². The SMILES string of the molecule is COc1cc2c(Oc3ccc(NC(=O)c4nn(-c5ccc(F)c(F)c5)c(=O)n(C)c4=O)cc3F)ccnc2cc1OCCCN1CCN(C)CC1. The van der Waals surface area contributed by atoms with E-state index < -0.39 is 40.3 Å². The Morgan fingerprint density at radius 2 is 1.65 bits per heavy atom. The van der Waals surface area contributed by atoms with Crippen LogP contribution in [0.3, 0.4) is 0 Å². The van der Waals surface area contributed by atoms with Gasteiger partial charge in [-0.15, -0.1) is 0 Å². The molecule has 0 unspecified atom stereocenters. The molecule has 1 amide bonds. The van der Waals surface area contributed by atoms with Gasteiger partial charge in [0, 0.05) is 75.2 Å². The van der Waals surface area contributed by atoms with Crippen LogP contribution < -0.4 is 30.8 Å². The van der Waals surface area contributed by atoms with Crippen molar-refractivity contribution in [3.63, 3.8) is 0 Å². The summed E-state index contributed by atoms with van der Waals surface area (Å²) in [6.07, 6.45) is 2.36. The van der Waals surface area contributed by atoms with Crippen LogP contribution in [0.4, 0.5) is 18.9 Å². The summed E-state index contributed by atoms with van der Waals surface area (Å²) in [6.45, 7) is 5.57. The molecule has 51 heavy (non-hydrogen) atoms. The van der Waals surface area contributed by atoms with Crippen molar-refractivity contribution >= 4 is 22.5 Å². The van der Waals surface area contributed by atoms with Gasteiger partial charge in [-0.1, -0.05) is 0 Å². The summed E-state index contributed by atoms with van der Waals surface area (Å²) in [5, 5.41) is 6.68. The number of pyridine rings is 1. The zero-order chi connectivity index (χ0) is 36.2. The van der Waals surface area contributed by atoms with Gasteiger partial charge in [0.15, 0.2) is 34.7 Å². The quantitative estimate of drug-likeness (QED) is 0.202. The number of hydrogen-bond acceptors (Lipinski definition) is 10. The molecule has 0 aliphatic carbocycles. The van der Waals surface area contributed by atoms with Gasteiger partial charge in [-0.2, -0.15) is 9.78 Å². The summed E-state index contributed by atoms with van der Waals surface area (Å²) in [6, 6.07) is 11.1. The molecule has 0 bridgehead atoms. The maximum atomic E-state index is 15.3. The summed E-state index contributed by atoms with van der Waals surface area (Å²) in [5.41, 5.74) is -2.57. The number of carbonyl (C=O) groups is 1. The molecule has 0 saturated carbocycles. The third kappa shape index (κ3) is 7.71. The Morgan fingerprint density at radius 1 is 0.863 bits per heavy atom. The molecular weight excluding hydrogens is 671 g/mol. The smallest absolute Gasteiger partial charge is 0.351 e. The van der Waals surface area contributed by atoms with E-state index >= 15 is 4.39 Å². The number of nitrogens with zero attached hydrogens (tertiary/aromatic N) is 6. The van der Waals surface area contributed by atoms with Gasteiger partial charge in [-0.05, 0) is 49.9 Å². The van der Waals surface area contributed by atoms with Gasteiger partial charge in [0.05, 0.1) is 24.9 Å². The monoisotopic (exact) mass is 705 g/mol. The van der Waals surface area contributed by atoms with E-state index in [1.54, 1.807) is 18.2 Å². The van der Waals surface area contributed by atoms with Gasteiger partial charge in [0.2, 0.25) is 5.69 Å². The van der Waals surface area contributed by atoms with E-state index in [2.05, 4.69) is 32.2 Å². The van der Waals surface area contributed by atoms with Crippen molar-refractivity contribution < 1.29 is 32.2 Å². The fourth-order valence-electron chi connectivity index (χ4n) is 5.50. The molecule has 3 aromatic carbocycles. The number of carbonyl (C=O) groups excluding carboxylic acids is 1. The standard InChI is InChI=1S/C35H34F3N7O6/c1-42-12-14-44(15-13-42)11-4-16-50-31-20-27-23(19-30(31)49-3)28(9-10-39-27)51-29-8-5-21(17-26(29)38)40-33(46)32-34(47)43(2)35(48)45(41-32)22-6-7-24(36)25(37)18-22/h5-10,17-20H,4,11-16H2,1-3H3,(H,40,46). The molecule has 16 heteroatoms. The van der Waals surface area contributed by atoms with Crippen molar-refractivity contribution in [3.8, 4) is 28.7 Å². The van der Waals surface area contributed by atoms with Crippen molar-refractivity contribution in [2.75, 3.05) is 58.8 Å². The highest BCUT2D eigenvalue weighted by Crippen LogP contribution is 2.38. The number of piperazine rings is 1. The van der Waals surface area contributed by atoms with Crippen LogP contribution in [-0.4, -0.2) is 88.5 Å². The Hall–Kier alpha value is -5.74. The predicted molar refractivity (Wildman–Crippen MR) is 182 cm³/mol. The zero-order valence-electron chi connectivity index (χ0n) is 28.0. The average molecular weight is 706 g/mol. The molecule has 1 aliphatic heterocycles. The topological polar surface area (TPSA) is 133 Å². The number of rotatable bonds is 11. The lowest BCUT2D eigenvalue weighted by molar-refractivity contribution is 0.101. The number of ether oxygens (including phenoxy) is 3. The Morgan fingerprint density at radius 3 is 2.37 bits per heavy atom. The first-order valence-electron chi connectivity index (χ1n) is 16.0. The fraction of sp³-hybridized carbons (Fsp3) is 0.286. The summed E-state index contributed by atoms with van der Waals surface area (Å²) in [5.74, 6) is -3.28. The molecule has 0 spiro atoms. The van der Waals surface area contributed by atoms with Gasteiger partial charge < -0.3 is 29.3 Å². The molecule has 1 aliphatic rings. The lowest BCUT2D eigenvalue weighted by Crippen LogP contribution is -2.44. The Bertz CT molecular complexity index is 2220.